The molecule has 6 heterocycles. The van der Waals surface area contributed by atoms with Gasteiger partial charge in [0.25, 0.3) is 0 Å². The molecule has 0 radical (unpaired) electrons. The van der Waals surface area contributed by atoms with E-state index < -0.39 is 36.6 Å². The molecule has 4 amide bonds. The first-order valence-corrected chi connectivity index (χ1v) is 22.2. The third-order valence-corrected chi connectivity index (χ3v) is 12.9. The number of aliphatic hydroxyl groups excluding tert-OH is 4. The van der Waals surface area contributed by atoms with Crippen LogP contribution in [0.5, 0.6) is 0 Å². The maximum atomic E-state index is 14.7. The van der Waals surface area contributed by atoms with Crippen molar-refractivity contribution in [1.82, 2.24) is 29.7 Å². The Morgan fingerprint density at radius 1 is 0.766 bits per heavy atom. The fraction of sp³-hybridized carbons (Fsp3) is 0.395. The molecule has 0 unspecified atom stereocenters. The summed E-state index contributed by atoms with van der Waals surface area (Å²) in [6, 6.07) is 10.4. The molecule has 21 heteroatoms. The highest BCUT2D eigenvalue weighted by molar-refractivity contribution is 7.22. The standard InChI is InChI=1S/C22H26FN5O3S.C21H23F2N5O3S/c1-12-4-5-17-18(8-12)32-21(25-17)26-22(31)28-7-6-27(11-13(28)2)20-16(23)9-15(10-24-20)19(30)14(3)29;1-11-5-16-18(7-14(11)22)32-20(25-16)26-21(31)27-3-4-28(12(2)9-27)19-15(23)6-13(8-24-19)17(30)10-29/h4-5,8-10,13-14,19,29-30H,6-7,11H2,1-3H3,(H,25,26,31);5-8,12,17,29-30H,3-4,9-10H2,1-2H3,(H,25,26,31)/t13-,14-,19+;12-,17-/m01/s1. The summed E-state index contributed by atoms with van der Waals surface area (Å²) < 4.78 is 44.7. The Bertz CT molecular complexity index is 2610. The van der Waals surface area contributed by atoms with Gasteiger partial charge in [0.1, 0.15) is 18.0 Å². The molecule has 8 rings (SSSR count). The molecule has 0 bridgehead atoms. The predicted molar refractivity (Wildman–Crippen MR) is 241 cm³/mol. The molecule has 5 atom stereocenters. The number of rotatable bonds is 8. The summed E-state index contributed by atoms with van der Waals surface area (Å²) in [7, 11) is 0. The topological polar surface area (TPSA) is 204 Å². The Labute approximate surface area is 374 Å². The van der Waals surface area contributed by atoms with Gasteiger partial charge in [0.15, 0.2) is 33.5 Å². The number of hydrogen-bond acceptors (Lipinski definition) is 14. The number of aliphatic hydroxyl groups is 4. The highest BCUT2D eigenvalue weighted by Gasteiger charge is 2.32. The smallest absolute Gasteiger partial charge is 0.324 e. The predicted octanol–water partition coefficient (Wildman–Crippen LogP) is 6.34. The van der Waals surface area contributed by atoms with Crippen LogP contribution in [0.15, 0.2) is 54.9 Å². The van der Waals surface area contributed by atoms with E-state index in [9.17, 15) is 38.1 Å². The zero-order valence-corrected chi connectivity index (χ0v) is 37.3. The quantitative estimate of drug-likeness (QED) is 0.0991. The highest BCUT2D eigenvalue weighted by Crippen LogP contribution is 2.31. The fourth-order valence-corrected chi connectivity index (χ4v) is 9.31. The number of fused-ring (bicyclic) bond motifs is 2. The van der Waals surface area contributed by atoms with E-state index in [4.69, 9.17) is 5.11 Å². The van der Waals surface area contributed by atoms with E-state index in [1.54, 1.807) is 32.6 Å². The number of piperazine rings is 2. The Hall–Kier alpha value is -5.71. The molecule has 2 fully saturated rings. The lowest BCUT2D eigenvalue weighted by atomic mass is 10.1. The second-order valence-corrected chi connectivity index (χ2v) is 18.0. The van der Waals surface area contributed by atoms with Crippen molar-refractivity contribution in [2.24, 2.45) is 0 Å². The Morgan fingerprint density at radius 3 is 2.06 bits per heavy atom. The molecule has 340 valence electrons. The van der Waals surface area contributed by atoms with Crippen molar-refractivity contribution in [1.29, 1.82) is 0 Å². The lowest BCUT2D eigenvalue weighted by molar-refractivity contribution is 0.0301. The van der Waals surface area contributed by atoms with Crippen LogP contribution in [-0.2, 0) is 0 Å². The van der Waals surface area contributed by atoms with Crippen molar-refractivity contribution in [3.05, 3.63) is 94.6 Å². The van der Waals surface area contributed by atoms with Crippen LogP contribution in [0.1, 0.15) is 55.2 Å². The third-order valence-electron chi connectivity index (χ3n) is 11.1. The number of anilines is 4. The first-order chi connectivity index (χ1) is 30.5. The summed E-state index contributed by atoms with van der Waals surface area (Å²) >= 11 is 2.63. The number of pyridine rings is 2. The maximum absolute atomic E-state index is 14.7. The molecule has 0 aliphatic carbocycles. The Balaban J connectivity index is 0.000000191. The average Bonchev–Trinajstić information content (AvgIpc) is 3.84. The van der Waals surface area contributed by atoms with Gasteiger partial charge in [0.2, 0.25) is 0 Å². The second kappa shape index (κ2) is 19.6. The lowest BCUT2D eigenvalue weighted by Gasteiger charge is -2.40. The number of carbonyl (C=O) groups excluding carboxylic acids is 2. The summed E-state index contributed by atoms with van der Waals surface area (Å²) in [5.74, 6) is -1.19. The summed E-state index contributed by atoms with van der Waals surface area (Å²) in [5.41, 5.74) is 3.52. The monoisotopic (exact) mass is 922 g/mol. The largest absolute Gasteiger partial charge is 0.393 e. The molecule has 6 aromatic rings. The first kappa shape index (κ1) is 46.3. The van der Waals surface area contributed by atoms with Gasteiger partial charge in [-0.15, -0.1) is 0 Å². The normalized spacial score (nSPS) is 18.1. The number of urea groups is 2. The lowest BCUT2D eigenvalue weighted by Crippen LogP contribution is -2.55. The minimum Gasteiger partial charge on any atom is -0.393 e. The zero-order valence-electron chi connectivity index (χ0n) is 35.7. The molecule has 2 aliphatic heterocycles. The molecular weight excluding hydrogens is 874 g/mol. The van der Waals surface area contributed by atoms with Crippen molar-refractivity contribution in [3.8, 4) is 0 Å². The molecule has 2 saturated heterocycles. The van der Waals surface area contributed by atoms with E-state index in [-0.39, 0.29) is 52.7 Å². The SMILES string of the molecule is Cc1cc2nc(NC(=O)N3CCN(c4ncc([C@H](O)CO)cc4F)[C@H](C)C3)sc2cc1F.Cc1ccc2nc(NC(=O)N3CCN(c4ncc([C@H](O)[C@H](C)O)cc4F)C[C@@H]3C)sc2c1. The van der Waals surface area contributed by atoms with Gasteiger partial charge in [0, 0.05) is 74.9 Å². The number of aryl methyl sites for hydroxylation is 2. The number of hydrogen-bond donors (Lipinski definition) is 6. The van der Waals surface area contributed by atoms with Gasteiger partial charge in [0.05, 0.1) is 33.1 Å². The molecule has 16 nitrogen and oxygen atoms in total. The summed E-state index contributed by atoms with van der Waals surface area (Å²) in [6.45, 7) is 10.6. The maximum Gasteiger partial charge on any atom is 0.324 e. The average molecular weight is 923 g/mol. The van der Waals surface area contributed by atoms with E-state index in [2.05, 4.69) is 30.6 Å². The molecule has 6 N–H and O–H groups in total. The van der Waals surface area contributed by atoms with Gasteiger partial charge in [-0.1, -0.05) is 28.7 Å². The van der Waals surface area contributed by atoms with Gasteiger partial charge < -0.3 is 40.0 Å². The zero-order chi connectivity index (χ0) is 46.0. The number of halogens is 3. The number of thiazole rings is 2. The number of nitrogens with one attached hydrogen (secondary N) is 2. The van der Waals surface area contributed by atoms with Gasteiger partial charge in [-0.3, -0.25) is 10.6 Å². The van der Waals surface area contributed by atoms with Crippen LogP contribution in [-0.4, -0.2) is 126 Å². The Kier molecular flexibility index (Phi) is 14.2. The Morgan fingerprint density at radius 2 is 1.41 bits per heavy atom. The van der Waals surface area contributed by atoms with Crippen LogP contribution >= 0.6 is 22.7 Å². The third kappa shape index (κ3) is 10.3. The van der Waals surface area contributed by atoms with Crippen LogP contribution in [0, 0.1) is 31.3 Å². The number of aromatic nitrogens is 4. The van der Waals surface area contributed by atoms with Crippen molar-refractivity contribution >= 4 is 77.1 Å². The minimum atomic E-state index is -1.20. The number of carbonyl (C=O) groups is 2. The van der Waals surface area contributed by atoms with Crippen molar-refractivity contribution in [3.63, 3.8) is 0 Å². The summed E-state index contributed by atoms with van der Waals surface area (Å²) in [4.78, 5) is 49.5. The summed E-state index contributed by atoms with van der Waals surface area (Å²) in [5, 5.41) is 44.7. The van der Waals surface area contributed by atoms with Gasteiger partial charge in [-0.25, -0.2) is 42.7 Å². The molecular formula is C43H49F3N10O6S2. The van der Waals surface area contributed by atoms with Crippen LogP contribution in [0.4, 0.5) is 44.7 Å². The van der Waals surface area contributed by atoms with E-state index in [1.807, 2.05) is 39.0 Å². The number of benzene rings is 2. The van der Waals surface area contributed by atoms with Crippen LogP contribution in [0.2, 0.25) is 0 Å². The van der Waals surface area contributed by atoms with Crippen molar-refractivity contribution in [2.75, 3.05) is 66.3 Å². The molecule has 4 aromatic heterocycles. The first-order valence-electron chi connectivity index (χ1n) is 20.5. The van der Waals surface area contributed by atoms with Gasteiger partial charge in [-0.05, 0) is 82.1 Å². The van der Waals surface area contributed by atoms with Crippen LogP contribution in [0.25, 0.3) is 20.4 Å². The van der Waals surface area contributed by atoms with Crippen molar-refractivity contribution in [2.45, 2.75) is 65.0 Å². The highest BCUT2D eigenvalue weighted by atomic mass is 32.1. The summed E-state index contributed by atoms with van der Waals surface area (Å²) in [6.07, 6.45) is -0.704. The van der Waals surface area contributed by atoms with Crippen molar-refractivity contribution < 1.29 is 43.2 Å². The van der Waals surface area contributed by atoms with Crippen LogP contribution in [0.3, 0.4) is 0 Å². The van der Waals surface area contributed by atoms with E-state index in [1.165, 1.54) is 54.1 Å². The minimum absolute atomic E-state index is 0.134. The molecule has 64 heavy (non-hydrogen) atoms. The van der Waals surface area contributed by atoms with E-state index >= 15 is 0 Å². The van der Waals surface area contributed by atoms with E-state index in [0.29, 0.717) is 65.3 Å². The molecule has 2 aliphatic rings. The molecule has 0 spiro atoms. The van der Waals surface area contributed by atoms with Gasteiger partial charge in [-0.2, -0.15) is 0 Å². The number of nitrogens with zero attached hydrogens (tertiary/aromatic N) is 8. The molecule has 2 aromatic carbocycles. The fourth-order valence-electron chi connectivity index (χ4n) is 7.50. The van der Waals surface area contributed by atoms with Crippen LogP contribution < -0.4 is 20.4 Å². The second-order valence-electron chi connectivity index (χ2n) is 15.9. The number of amides is 4. The van der Waals surface area contributed by atoms with E-state index in [0.717, 1.165) is 21.8 Å². The van der Waals surface area contributed by atoms with Gasteiger partial charge >= 0.3 is 12.1 Å². The molecule has 0 saturated carbocycles.